The molecule has 0 unspecified atom stereocenters. The van der Waals surface area contributed by atoms with Crippen LogP contribution in [0.4, 0.5) is 34.1 Å². The molecule has 2 saturated carbocycles. The van der Waals surface area contributed by atoms with Gasteiger partial charge in [0.2, 0.25) is 0 Å². The molecule has 2 fully saturated rings. The van der Waals surface area contributed by atoms with E-state index < -0.39 is 0 Å². The molecule has 0 aromatic heterocycles. The van der Waals surface area contributed by atoms with E-state index in [9.17, 15) is 0 Å². The molecule has 0 aliphatic heterocycles. The third kappa shape index (κ3) is 7.61. The first kappa shape index (κ1) is 42.2. The van der Waals surface area contributed by atoms with Crippen molar-refractivity contribution in [3.63, 3.8) is 0 Å². The molecule has 2 aliphatic carbocycles. The Hall–Kier alpha value is -7.16. The standard InChI is InChI=1S/C66H60N2/c1-45-19-15-33-57(49-25-11-5-12-26-49)65(45)67(55-31-17-29-53(43-55)47-21-7-3-8-22-47)61-41-37-51-36-40-60-62(42-38-52-35-39-59(61)63(51)64(52)60)68(56-32-18-30-54(44-56)48-23-9-4-10-24-48)66-46(2)20-16-34-58(66)50-27-13-6-14-28-50/h5-6,11-20,25-44,47-48H,3-4,7-10,21-24H2,1-2H3. The SMILES string of the molecule is Cc1cccc(-c2ccccc2)c1N(c1cccc(C2CCCCC2)c1)c1ccc2ccc3c(N(c4cccc(C5CCCCC5)c4)c4c(C)cccc4-c4ccccc4)ccc4ccc1c2c43. The third-order valence-electron chi connectivity index (χ3n) is 15.6. The Labute approximate surface area is 402 Å². The summed E-state index contributed by atoms with van der Waals surface area (Å²) < 4.78 is 0. The monoisotopic (exact) mass is 880 g/mol. The van der Waals surface area contributed by atoms with Crippen LogP contribution in [0.1, 0.15) is 98.3 Å². The Morgan fingerprint density at radius 1 is 0.353 bits per heavy atom. The molecular weight excluding hydrogens is 821 g/mol. The number of para-hydroxylation sites is 2. The van der Waals surface area contributed by atoms with Gasteiger partial charge in [0.05, 0.1) is 22.7 Å². The molecular formula is C66H60N2. The molecule has 0 atom stereocenters. The van der Waals surface area contributed by atoms with Crippen LogP contribution in [0, 0.1) is 13.8 Å². The van der Waals surface area contributed by atoms with E-state index in [1.54, 1.807) is 0 Å². The average Bonchev–Trinajstić information content (AvgIpc) is 3.40. The molecule has 12 rings (SSSR count). The minimum absolute atomic E-state index is 0.595. The summed E-state index contributed by atoms with van der Waals surface area (Å²) in [7, 11) is 0. The fourth-order valence-electron chi connectivity index (χ4n) is 12.3. The van der Waals surface area contributed by atoms with E-state index >= 15 is 0 Å². The Morgan fingerprint density at radius 3 is 1.18 bits per heavy atom. The van der Waals surface area contributed by atoms with Gasteiger partial charge in [-0.05, 0) is 143 Å². The van der Waals surface area contributed by atoms with E-state index in [2.05, 4.69) is 218 Å². The lowest BCUT2D eigenvalue weighted by molar-refractivity contribution is 0.443. The number of anilines is 6. The van der Waals surface area contributed by atoms with Gasteiger partial charge in [-0.25, -0.2) is 0 Å². The highest BCUT2D eigenvalue weighted by atomic mass is 15.2. The van der Waals surface area contributed by atoms with Crippen LogP contribution in [0.15, 0.2) is 194 Å². The van der Waals surface area contributed by atoms with E-state index in [4.69, 9.17) is 0 Å². The van der Waals surface area contributed by atoms with Crippen LogP contribution in [-0.4, -0.2) is 0 Å². The molecule has 2 nitrogen and oxygen atoms in total. The first-order chi connectivity index (χ1) is 33.6. The van der Waals surface area contributed by atoms with Crippen molar-refractivity contribution in [2.24, 2.45) is 0 Å². The van der Waals surface area contributed by atoms with Crippen molar-refractivity contribution in [2.75, 3.05) is 9.80 Å². The molecule has 10 aromatic rings. The second-order valence-corrected chi connectivity index (χ2v) is 19.8. The third-order valence-corrected chi connectivity index (χ3v) is 15.6. The van der Waals surface area contributed by atoms with E-state index in [1.165, 1.54) is 175 Å². The van der Waals surface area contributed by atoms with Gasteiger partial charge in [-0.1, -0.05) is 196 Å². The summed E-state index contributed by atoms with van der Waals surface area (Å²) in [6.07, 6.45) is 13.0. The molecule has 68 heavy (non-hydrogen) atoms. The number of benzene rings is 10. The number of nitrogens with zero attached hydrogens (tertiary/aromatic N) is 2. The lowest BCUT2D eigenvalue weighted by atomic mass is 9.84. The highest BCUT2D eigenvalue weighted by molar-refractivity contribution is 6.28. The van der Waals surface area contributed by atoms with E-state index in [1.807, 2.05) is 0 Å². The first-order valence-electron chi connectivity index (χ1n) is 25.4. The van der Waals surface area contributed by atoms with Crippen molar-refractivity contribution in [3.8, 4) is 22.3 Å². The van der Waals surface area contributed by atoms with Crippen LogP contribution in [0.2, 0.25) is 0 Å². The summed E-state index contributed by atoms with van der Waals surface area (Å²) >= 11 is 0. The zero-order valence-corrected chi connectivity index (χ0v) is 39.6. The second kappa shape index (κ2) is 18.1. The van der Waals surface area contributed by atoms with Crippen LogP contribution >= 0.6 is 0 Å². The topological polar surface area (TPSA) is 6.48 Å². The van der Waals surface area contributed by atoms with Gasteiger partial charge in [-0.3, -0.25) is 0 Å². The van der Waals surface area contributed by atoms with Gasteiger partial charge in [0.15, 0.2) is 0 Å². The Bertz CT molecular complexity index is 3160. The zero-order valence-electron chi connectivity index (χ0n) is 39.6. The molecule has 0 radical (unpaired) electrons. The van der Waals surface area contributed by atoms with Crippen molar-refractivity contribution in [2.45, 2.75) is 89.9 Å². The second-order valence-electron chi connectivity index (χ2n) is 19.8. The predicted octanol–water partition coefficient (Wildman–Crippen LogP) is 19.6. The van der Waals surface area contributed by atoms with Crippen LogP contribution in [0.3, 0.4) is 0 Å². The van der Waals surface area contributed by atoms with Gasteiger partial charge in [-0.2, -0.15) is 0 Å². The van der Waals surface area contributed by atoms with Crippen LogP contribution in [0.25, 0.3) is 54.6 Å². The normalized spacial score (nSPS) is 14.8. The minimum atomic E-state index is 0.595. The van der Waals surface area contributed by atoms with Crippen molar-refractivity contribution < 1.29 is 0 Å². The maximum atomic E-state index is 2.60. The summed E-state index contributed by atoms with van der Waals surface area (Å²) in [5.41, 5.74) is 17.6. The van der Waals surface area contributed by atoms with Gasteiger partial charge < -0.3 is 9.80 Å². The lowest BCUT2D eigenvalue weighted by Crippen LogP contribution is -2.15. The number of aryl methyl sites for hydroxylation is 2. The average molecular weight is 881 g/mol. The lowest BCUT2D eigenvalue weighted by Gasteiger charge is -2.33. The number of hydrogen-bond donors (Lipinski definition) is 0. The van der Waals surface area contributed by atoms with Gasteiger partial charge in [-0.15, -0.1) is 0 Å². The maximum Gasteiger partial charge on any atom is 0.0569 e. The molecule has 10 aromatic carbocycles. The predicted molar refractivity (Wildman–Crippen MR) is 292 cm³/mol. The summed E-state index contributed by atoms with van der Waals surface area (Å²) in [4.78, 5) is 5.19. The fourth-order valence-corrected chi connectivity index (χ4v) is 12.3. The number of hydrogen-bond acceptors (Lipinski definition) is 2. The summed E-state index contributed by atoms with van der Waals surface area (Å²) in [5.74, 6) is 1.19. The summed E-state index contributed by atoms with van der Waals surface area (Å²) in [5, 5.41) is 7.66. The van der Waals surface area contributed by atoms with Gasteiger partial charge in [0, 0.05) is 33.3 Å². The Balaban J connectivity index is 1.11. The Morgan fingerprint density at radius 2 is 0.750 bits per heavy atom. The van der Waals surface area contributed by atoms with Crippen LogP contribution < -0.4 is 9.80 Å². The molecule has 2 heteroatoms. The fraction of sp³-hybridized carbons (Fsp3) is 0.212. The number of rotatable bonds is 10. The molecule has 0 heterocycles. The van der Waals surface area contributed by atoms with E-state index in [-0.39, 0.29) is 0 Å². The van der Waals surface area contributed by atoms with Crippen molar-refractivity contribution >= 4 is 66.4 Å². The largest absolute Gasteiger partial charge is 0.309 e. The summed E-state index contributed by atoms with van der Waals surface area (Å²) in [6.45, 7) is 4.57. The molecule has 334 valence electrons. The van der Waals surface area contributed by atoms with Crippen molar-refractivity contribution in [3.05, 3.63) is 216 Å². The molecule has 0 saturated heterocycles. The quantitative estimate of drug-likeness (QED) is 0.126. The van der Waals surface area contributed by atoms with E-state index in [0.717, 1.165) is 0 Å². The van der Waals surface area contributed by atoms with Crippen LogP contribution in [-0.2, 0) is 0 Å². The molecule has 2 aliphatic rings. The zero-order chi connectivity index (χ0) is 45.6. The minimum Gasteiger partial charge on any atom is -0.309 e. The van der Waals surface area contributed by atoms with Crippen molar-refractivity contribution in [1.29, 1.82) is 0 Å². The summed E-state index contributed by atoms with van der Waals surface area (Å²) in [6, 6.07) is 73.7. The van der Waals surface area contributed by atoms with E-state index in [0.29, 0.717) is 11.8 Å². The van der Waals surface area contributed by atoms with Gasteiger partial charge in [0.25, 0.3) is 0 Å². The maximum absolute atomic E-state index is 2.60. The smallest absolute Gasteiger partial charge is 0.0569 e. The first-order valence-corrected chi connectivity index (χ1v) is 25.4. The molecule has 0 bridgehead atoms. The van der Waals surface area contributed by atoms with Gasteiger partial charge >= 0.3 is 0 Å². The molecule has 0 spiro atoms. The highest BCUT2D eigenvalue weighted by Crippen LogP contribution is 2.52. The Kier molecular flexibility index (Phi) is 11.3. The highest BCUT2D eigenvalue weighted by Gasteiger charge is 2.27. The van der Waals surface area contributed by atoms with Crippen molar-refractivity contribution in [1.82, 2.24) is 0 Å². The molecule has 0 N–H and O–H groups in total. The molecule has 0 amide bonds. The van der Waals surface area contributed by atoms with Gasteiger partial charge in [0.1, 0.15) is 0 Å². The van der Waals surface area contributed by atoms with Crippen LogP contribution in [0.5, 0.6) is 0 Å².